The molecule has 2 heterocycles. The number of hydrogen-bond acceptors (Lipinski definition) is 4. The van der Waals surface area contributed by atoms with Crippen LogP contribution in [-0.2, 0) is 4.74 Å². The third-order valence-electron chi connectivity index (χ3n) is 16.6. The van der Waals surface area contributed by atoms with E-state index in [0.717, 1.165) is 65.1 Å². The zero-order chi connectivity index (χ0) is 29.7. The molecule has 0 amide bonds. The average molecular weight is 620 g/mol. The highest BCUT2D eigenvalue weighted by molar-refractivity contribution is 5.07. The fraction of sp³-hybridized carbons (Fsp3) is 1.00. The van der Waals surface area contributed by atoms with Crippen molar-refractivity contribution in [2.24, 2.45) is 65.1 Å². The first-order valence-electron chi connectivity index (χ1n) is 21.2. The van der Waals surface area contributed by atoms with Crippen LogP contribution in [0.2, 0.25) is 0 Å². The van der Waals surface area contributed by atoms with E-state index in [1.54, 1.807) is 32.1 Å². The van der Waals surface area contributed by atoms with Gasteiger partial charge in [-0.05, 0) is 149 Å². The van der Waals surface area contributed by atoms with Crippen LogP contribution in [0.1, 0.15) is 161 Å². The van der Waals surface area contributed by atoms with Gasteiger partial charge in [-0.1, -0.05) is 77.0 Å². The highest BCUT2D eigenvalue weighted by atomic mass is 16.5. The third-order valence-corrected chi connectivity index (χ3v) is 16.6. The third kappa shape index (κ3) is 6.14. The van der Waals surface area contributed by atoms with E-state index in [1.165, 1.54) is 128 Å². The molecule has 0 aromatic carbocycles. The topological polar surface area (TPSA) is 45.3 Å². The summed E-state index contributed by atoms with van der Waals surface area (Å²) in [5.74, 6) is 9.95. The summed E-state index contributed by atoms with van der Waals surface area (Å²) in [6.45, 7) is 0. The summed E-state index contributed by atoms with van der Waals surface area (Å²) in [6.07, 6.45) is 39.6. The molecule has 9 rings (SSSR count). The van der Waals surface area contributed by atoms with E-state index in [-0.39, 0.29) is 0 Å². The molecule has 0 spiro atoms. The molecule has 3 N–H and O–H groups in total. The van der Waals surface area contributed by atoms with Crippen LogP contribution >= 0.6 is 0 Å². The molecular weight excluding hydrogens is 550 g/mol. The Morgan fingerprint density at radius 3 is 1.56 bits per heavy atom. The number of nitrogens with one attached hydrogen (secondary N) is 3. The van der Waals surface area contributed by atoms with Gasteiger partial charge in [-0.15, -0.1) is 0 Å². The monoisotopic (exact) mass is 620 g/mol. The van der Waals surface area contributed by atoms with Gasteiger partial charge in [0, 0.05) is 0 Å². The molecule has 9 aliphatic rings. The molecule has 9 fully saturated rings. The van der Waals surface area contributed by atoms with Crippen molar-refractivity contribution < 1.29 is 4.74 Å². The predicted molar refractivity (Wildman–Crippen MR) is 183 cm³/mol. The fourth-order valence-electron chi connectivity index (χ4n) is 14.3. The van der Waals surface area contributed by atoms with Crippen molar-refractivity contribution in [1.29, 1.82) is 0 Å². The molecule has 45 heavy (non-hydrogen) atoms. The van der Waals surface area contributed by atoms with Crippen molar-refractivity contribution in [3.63, 3.8) is 0 Å². The maximum Gasteiger partial charge on any atom is 0.0641 e. The second-order valence-corrected chi connectivity index (χ2v) is 18.7. The van der Waals surface area contributed by atoms with Crippen molar-refractivity contribution in [2.45, 2.75) is 191 Å². The molecule has 0 radical (unpaired) electrons. The first-order valence-corrected chi connectivity index (χ1v) is 21.2. The van der Waals surface area contributed by atoms with E-state index < -0.39 is 0 Å². The number of ether oxygens (including phenoxy) is 1. The number of hydrogen-bond donors (Lipinski definition) is 3. The van der Waals surface area contributed by atoms with E-state index in [2.05, 4.69) is 16.0 Å². The summed E-state index contributed by atoms with van der Waals surface area (Å²) in [4.78, 5) is 0. The summed E-state index contributed by atoms with van der Waals surface area (Å²) in [6, 6.07) is 0. The van der Waals surface area contributed by atoms with Gasteiger partial charge in [-0.2, -0.15) is 0 Å². The Hall–Kier alpha value is -0.160. The first-order chi connectivity index (χ1) is 22.3. The maximum absolute atomic E-state index is 7.38. The lowest BCUT2D eigenvalue weighted by Gasteiger charge is -2.54. The second-order valence-electron chi connectivity index (χ2n) is 18.7. The van der Waals surface area contributed by atoms with Crippen molar-refractivity contribution in [3.8, 4) is 0 Å². The Morgan fingerprint density at radius 1 is 0.311 bits per heavy atom. The van der Waals surface area contributed by atoms with Crippen molar-refractivity contribution in [2.75, 3.05) is 0 Å². The lowest BCUT2D eigenvalue weighted by atomic mass is 9.56. The summed E-state index contributed by atoms with van der Waals surface area (Å²) in [7, 11) is 0. The van der Waals surface area contributed by atoms with E-state index in [9.17, 15) is 0 Å². The van der Waals surface area contributed by atoms with E-state index >= 15 is 0 Å². The van der Waals surface area contributed by atoms with Gasteiger partial charge < -0.3 is 4.74 Å². The predicted octanol–water partition coefficient (Wildman–Crippen LogP) is 9.14. The molecule has 2 saturated heterocycles. The van der Waals surface area contributed by atoms with Crippen LogP contribution in [0.3, 0.4) is 0 Å². The quantitative estimate of drug-likeness (QED) is 0.294. The molecule has 13 atom stereocenters. The number of fused-ring (bicyclic) bond motifs is 6. The molecule has 13 unspecified atom stereocenters. The van der Waals surface area contributed by atoms with E-state index in [1.807, 2.05) is 0 Å². The Balaban J connectivity index is 0.920. The number of rotatable bonds is 4. The molecule has 7 saturated carbocycles. The highest BCUT2D eigenvalue weighted by Gasteiger charge is 2.58. The SMILES string of the molecule is C1CCC(C2NC(C3CCCCC3)NC(C3CC4C5CCC(C6CCC7CCCCC7C6)CC5OC4C4CCCCC34)N2)CC1. The van der Waals surface area contributed by atoms with Gasteiger partial charge in [-0.25, -0.2) is 0 Å². The highest BCUT2D eigenvalue weighted by Crippen LogP contribution is 2.58. The Bertz CT molecular complexity index is 950. The molecule has 0 aromatic heterocycles. The molecule has 254 valence electrons. The van der Waals surface area contributed by atoms with E-state index in [0.29, 0.717) is 30.7 Å². The van der Waals surface area contributed by atoms with Crippen molar-refractivity contribution in [1.82, 2.24) is 16.0 Å². The molecule has 4 heteroatoms. The Kier molecular flexibility index (Phi) is 9.35. The first kappa shape index (κ1) is 30.9. The zero-order valence-corrected chi connectivity index (χ0v) is 28.8. The molecule has 0 aromatic rings. The summed E-state index contributed by atoms with van der Waals surface area (Å²) in [5.41, 5.74) is 0. The Labute approximate surface area is 276 Å². The maximum atomic E-state index is 7.38. The minimum Gasteiger partial charge on any atom is -0.374 e. The Morgan fingerprint density at radius 2 is 0.822 bits per heavy atom. The fourth-order valence-corrected chi connectivity index (χ4v) is 14.3. The molecule has 2 aliphatic heterocycles. The minimum absolute atomic E-state index is 0.498. The lowest BCUT2D eigenvalue weighted by molar-refractivity contribution is -0.0910. The van der Waals surface area contributed by atoms with Crippen LogP contribution in [-0.4, -0.2) is 30.7 Å². The standard InChI is InChI=1S/C41H69N3O/c1-3-12-27(13-4-1)39-42-40(28-14-5-2-6-15-28)44-41(43-39)36-25-35-33-22-21-31(30-20-19-26-11-7-8-16-29(26)23-30)24-37(33)45-38(35)34-18-10-9-17-32(34)36/h26-44H,1-25H2. The molecule has 7 aliphatic carbocycles. The van der Waals surface area contributed by atoms with Gasteiger partial charge in [0.1, 0.15) is 0 Å². The van der Waals surface area contributed by atoms with Crippen LogP contribution in [0.15, 0.2) is 0 Å². The van der Waals surface area contributed by atoms with Gasteiger partial charge in [0.2, 0.25) is 0 Å². The van der Waals surface area contributed by atoms with Crippen LogP contribution < -0.4 is 16.0 Å². The molecule has 0 bridgehead atoms. The smallest absolute Gasteiger partial charge is 0.0641 e. The van der Waals surface area contributed by atoms with Gasteiger partial charge >= 0.3 is 0 Å². The van der Waals surface area contributed by atoms with Gasteiger partial charge in [0.25, 0.3) is 0 Å². The molecule has 4 nitrogen and oxygen atoms in total. The van der Waals surface area contributed by atoms with Crippen LogP contribution in [0.4, 0.5) is 0 Å². The van der Waals surface area contributed by atoms with Crippen molar-refractivity contribution >= 4 is 0 Å². The van der Waals surface area contributed by atoms with Gasteiger partial charge in [0.15, 0.2) is 0 Å². The minimum atomic E-state index is 0.498. The summed E-state index contributed by atoms with van der Waals surface area (Å²) < 4.78 is 7.38. The summed E-state index contributed by atoms with van der Waals surface area (Å²) in [5, 5.41) is 12.9. The largest absolute Gasteiger partial charge is 0.374 e. The van der Waals surface area contributed by atoms with Crippen LogP contribution in [0.5, 0.6) is 0 Å². The zero-order valence-electron chi connectivity index (χ0n) is 28.8. The van der Waals surface area contributed by atoms with E-state index in [4.69, 9.17) is 4.74 Å². The summed E-state index contributed by atoms with van der Waals surface area (Å²) >= 11 is 0. The second kappa shape index (κ2) is 13.6. The van der Waals surface area contributed by atoms with Crippen molar-refractivity contribution in [3.05, 3.63) is 0 Å². The lowest BCUT2D eigenvalue weighted by Crippen LogP contribution is -2.73. The average Bonchev–Trinajstić information content (AvgIpc) is 3.50. The normalized spacial score (nSPS) is 51.5. The molecular formula is C41H69N3O. The van der Waals surface area contributed by atoms with Crippen LogP contribution in [0, 0.1) is 65.1 Å². The van der Waals surface area contributed by atoms with Gasteiger partial charge in [0.05, 0.1) is 30.7 Å². The van der Waals surface area contributed by atoms with Gasteiger partial charge in [-0.3, -0.25) is 16.0 Å². The van der Waals surface area contributed by atoms with Crippen LogP contribution in [0.25, 0.3) is 0 Å².